The maximum atomic E-state index is 12.3. The molecule has 1 aromatic carbocycles. The van der Waals surface area contributed by atoms with Crippen molar-refractivity contribution >= 4 is 5.91 Å². The molecule has 2 atom stereocenters. The molecule has 2 aromatic rings. The van der Waals surface area contributed by atoms with Crippen LogP contribution in [0.3, 0.4) is 0 Å². The first kappa shape index (κ1) is 15.7. The van der Waals surface area contributed by atoms with Gasteiger partial charge in [0.1, 0.15) is 0 Å². The monoisotopic (exact) mass is 314 g/mol. The second-order valence-corrected chi connectivity index (χ2v) is 6.24. The van der Waals surface area contributed by atoms with Crippen molar-refractivity contribution in [3.05, 3.63) is 41.2 Å². The topological polar surface area (TPSA) is 80.0 Å². The van der Waals surface area contributed by atoms with E-state index in [1.165, 1.54) is 5.56 Å². The molecule has 0 saturated heterocycles. The van der Waals surface area contributed by atoms with Crippen LogP contribution in [0.15, 0.2) is 24.3 Å². The van der Waals surface area contributed by atoms with Gasteiger partial charge in [0.05, 0.1) is 17.5 Å². The fraction of sp³-hybridized carbons (Fsp3) is 0.471. The van der Waals surface area contributed by atoms with Gasteiger partial charge < -0.3 is 10.4 Å². The summed E-state index contributed by atoms with van der Waals surface area (Å²) in [5.74, 6) is -0.0913. The maximum Gasteiger partial charge on any atom is 0.273 e. The van der Waals surface area contributed by atoms with Crippen LogP contribution in [0.25, 0.3) is 5.69 Å². The molecule has 2 N–H and O–H groups in total. The number of benzene rings is 1. The summed E-state index contributed by atoms with van der Waals surface area (Å²) < 4.78 is 1.67. The Labute approximate surface area is 135 Å². The van der Waals surface area contributed by atoms with Crippen LogP contribution in [0.4, 0.5) is 0 Å². The number of aryl methyl sites for hydroxylation is 1. The van der Waals surface area contributed by atoms with E-state index >= 15 is 0 Å². The van der Waals surface area contributed by atoms with Crippen LogP contribution in [0.2, 0.25) is 0 Å². The third-order valence-corrected chi connectivity index (χ3v) is 4.53. The van der Waals surface area contributed by atoms with Gasteiger partial charge >= 0.3 is 0 Å². The summed E-state index contributed by atoms with van der Waals surface area (Å²) in [7, 11) is 0. The van der Waals surface area contributed by atoms with E-state index in [9.17, 15) is 9.90 Å². The van der Waals surface area contributed by atoms with Crippen LogP contribution in [-0.4, -0.2) is 38.7 Å². The van der Waals surface area contributed by atoms with Gasteiger partial charge in [-0.15, -0.1) is 5.10 Å². The molecule has 1 aliphatic carbocycles. The summed E-state index contributed by atoms with van der Waals surface area (Å²) in [4.78, 5) is 12.3. The molecule has 1 amide bonds. The Morgan fingerprint density at radius 2 is 2.04 bits per heavy atom. The predicted octanol–water partition coefficient (Wildman–Crippen LogP) is 1.77. The molecular formula is C17H22N4O2. The highest BCUT2D eigenvalue weighted by Gasteiger charge is 2.26. The zero-order valence-corrected chi connectivity index (χ0v) is 13.5. The summed E-state index contributed by atoms with van der Waals surface area (Å²) in [6, 6.07) is 7.90. The molecule has 1 aromatic heterocycles. The quantitative estimate of drug-likeness (QED) is 0.901. The Kier molecular flexibility index (Phi) is 4.43. The summed E-state index contributed by atoms with van der Waals surface area (Å²) in [6.07, 6.45) is 2.49. The lowest BCUT2D eigenvalue weighted by molar-refractivity contribution is 0.0911. The number of nitrogens with zero attached hydrogens (tertiary/aromatic N) is 3. The molecule has 2 unspecified atom stereocenters. The van der Waals surface area contributed by atoms with Crippen molar-refractivity contribution in [2.24, 2.45) is 5.92 Å². The van der Waals surface area contributed by atoms with E-state index in [1.807, 2.05) is 38.1 Å². The van der Waals surface area contributed by atoms with Crippen molar-refractivity contribution in [3.63, 3.8) is 0 Å². The van der Waals surface area contributed by atoms with Crippen LogP contribution in [-0.2, 0) is 0 Å². The molecule has 122 valence electrons. The summed E-state index contributed by atoms with van der Waals surface area (Å²) in [5.41, 5.74) is 3.09. The first-order chi connectivity index (χ1) is 11.1. The largest absolute Gasteiger partial charge is 0.393 e. The average Bonchev–Trinajstić information content (AvgIpc) is 3.12. The number of aromatic nitrogens is 3. The minimum absolute atomic E-state index is 0.145. The van der Waals surface area contributed by atoms with Gasteiger partial charge in [0.25, 0.3) is 5.91 Å². The average molecular weight is 314 g/mol. The van der Waals surface area contributed by atoms with Crippen LogP contribution >= 0.6 is 0 Å². The van der Waals surface area contributed by atoms with Crippen LogP contribution in [0.5, 0.6) is 0 Å². The number of hydrogen-bond donors (Lipinski definition) is 2. The van der Waals surface area contributed by atoms with Crippen molar-refractivity contribution < 1.29 is 9.90 Å². The summed E-state index contributed by atoms with van der Waals surface area (Å²) in [5, 5.41) is 20.8. The Balaban J connectivity index is 1.71. The van der Waals surface area contributed by atoms with E-state index in [2.05, 4.69) is 15.6 Å². The van der Waals surface area contributed by atoms with E-state index in [4.69, 9.17) is 0 Å². The number of aliphatic hydroxyl groups is 1. The number of carbonyl (C=O) groups is 1. The zero-order valence-electron chi connectivity index (χ0n) is 13.5. The first-order valence-corrected chi connectivity index (χ1v) is 8.02. The molecule has 0 aliphatic heterocycles. The highest BCUT2D eigenvalue weighted by Crippen LogP contribution is 2.24. The Morgan fingerprint density at radius 1 is 1.30 bits per heavy atom. The van der Waals surface area contributed by atoms with Gasteiger partial charge in [-0.3, -0.25) is 4.79 Å². The number of rotatable bonds is 4. The maximum absolute atomic E-state index is 12.3. The highest BCUT2D eigenvalue weighted by atomic mass is 16.3. The third kappa shape index (κ3) is 3.27. The van der Waals surface area contributed by atoms with Gasteiger partial charge in [0.15, 0.2) is 5.69 Å². The van der Waals surface area contributed by atoms with E-state index in [1.54, 1.807) is 4.68 Å². The van der Waals surface area contributed by atoms with Crippen LogP contribution < -0.4 is 5.32 Å². The molecule has 23 heavy (non-hydrogen) atoms. The number of nitrogens with one attached hydrogen (secondary N) is 1. The van der Waals surface area contributed by atoms with E-state index in [0.29, 0.717) is 17.9 Å². The van der Waals surface area contributed by atoms with Gasteiger partial charge in [0, 0.05) is 12.5 Å². The van der Waals surface area contributed by atoms with Crippen molar-refractivity contribution in [1.82, 2.24) is 20.3 Å². The van der Waals surface area contributed by atoms with Crippen molar-refractivity contribution in [2.45, 2.75) is 39.2 Å². The predicted molar refractivity (Wildman–Crippen MR) is 86.5 cm³/mol. The molecule has 1 fully saturated rings. The molecule has 6 nitrogen and oxygen atoms in total. The lowest BCUT2D eigenvalue weighted by Gasteiger charge is -2.14. The van der Waals surface area contributed by atoms with Crippen molar-refractivity contribution in [3.8, 4) is 5.69 Å². The Morgan fingerprint density at radius 3 is 2.70 bits per heavy atom. The smallest absolute Gasteiger partial charge is 0.273 e. The van der Waals surface area contributed by atoms with Gasteiger partial charge in [-0.25, -0.2) is 4.68 Å². The van der Waals surface area contributed by atoms with E-state index < -0.39 is 0 Å². The normalized spacial score (nSPS) is 20.7. The highest BCUT2D eigenvalue weighted by molar-refractivity contribution is 5.93. The molecule has 0 radical (unpaired) electrons. The first-order valence-electron chi connectivity index (χ1n) is 8.02. The SMILES string of the molecule is Cc1ccc(-n2nnc(C(=O)NCC3CCCC3O)c2C)cc1. The lowest BCUT2D eigenvalue weighted by atomic mass is 10.1. The molecule has 1 heterocycles. The molecule has 0 spiro atoms. The Hall–Kier alpha value is -2.21. The van der Waals surface area contributed by atoms with Gasteiger partial charge in [0.2, 0.25) is 0 Å². The number of hydrogen-bond acceptors (Lipinski definition) is 4. The molecular weight excluding hydrogens is 292 g/mol. The molecule has 1 saturated carbocycles. The fourth-order valence-electron chi connectivity index (χ4n) is 3.03. The Bertz CT molecular complexity index is 693. The van der Waals surface area contributed by atoms with E-state index in [0.717, 1.165) is 24.9 Å². The van der Waals surface area contributed by atoms with E-state index in [-0.39, 0.29) is 17.9 Å². The second-order valence-electron chi connectivity index (χ2n) is 6.24. The molecule has 1 aliphatic rings. The zero-order chi connectivity index (χ0) is 16.4. The summed E-state index contributed by atoms with van der Waals surface area (Å²) in [6.45, 7) is 4.34. The number of carbonyl (C=O) groups excluding carboxylic acids is 1. The third-order valence-electron chi connectivity index (χ3n) is 4.53. The standard InChI is InChI=1S/C17H22N4O2/c1-11-6-8-14(9-7-11)21-12(2)16(19-20-21)17(23)18-10-13-4-3-5-15(13)22/h6-9,13,15,22H,3-5,10H2,1-2H3,(H,18,23). The van der Waals surface area contributed by atoms with Gasteiger partial charge in [-0.1, -0.05) is 29.3 Å². The second kappa shape index (κ2) is 6.50. The van der Waals surface area contributed by atoms with Crippen LogP contribution in [0, 0.1) is 19.8 Å². The minimum Gasteiger partial charge on any atom is -0.393 e. The van der Waals surface area contributed by atoms with Crippen molar-refractivity contribution in [2.75, 3.05) is 6.54 Å². The van der Waals surface area contributed by atoms with Gasteiger partial charge in [-0.05, 0) is 38.8 Å². The molecule has 3 rings (SSSR count). The van der Waals surface area contributed by atoms with Gasteiger partial charge in [-0.2, -0.15) is 0 Å². The molecule has 0 bridgehead atoms. The molecule has 6 heteroatoms. The van der Waals surface area contributed by atoms with Crippen LogP contribution in [0.1, 0.15) is 41.0 Å². The van der Waals surface area contributed by atoms with Crippen molar-refractivity contribution in [1.29, 1.82) is 0 Å². The number of aliphatic hydroxyl groups excluding tert-OH is 1. The fourth-order valence-corrected chi connectivity index (χ4v) is 3.03. The lowest BCUT2D eigenvalue weighted by Crippen LogP contribution is -2.33. The number of amides is 1. The summed E-state index contributed by atoms with van der Waals surface area (Å²) >= 11 is 0. The minimum atomic E-state index is -0.306.